The molecule has 0 saturated heterocycles. The quantitative estimate of drug-likeness (QED) is 0.263. The van der Waals surface area contributed by atoms with E-state index in [2.05, 4.69) is 10.1 Å². The number of benzene rings is 3. The molecule has 0 N–H and O–H groups in total. The van der Waals surface area contributed by atoms with Gasteiger partial charge in [0, 0.05) is 32.9 Å². The molecule has 6 rings (SSSR count). The molecule has 0 aliphatic carbocycles. The minimum Gasteiger partial charge on any atom is -0.266 e. The lowest BCUT2D eigenvalue weighted by molar-refractivity contribution is 0.884. The van der Waals surface area contributed by atoms with Crippen LogP contribution in [0.25, 0.3) is 39.4 Å². The van der Waals surface area contributed by atoms with Crippen LogP contribution >= 0.6 is 46.1 Å². The van der Waals surface area contributed by atoms with Gasteiger partial charge in [0.05, 0.1) is 15.2 Å². The Labute approximate surface area is 223 Å². The van der Waals surface area contributed by atoms with E-state index in [1.807, 2.05) is 66.9 Å². The highest BCUT2D eigenvalue weighted by Crippen LogP contribution is 2.29. The zero-order valence-corrected chi connectivity index (χ0v) is 21.4. The smallest absolute Gasteiger partial charge is 0.266 e. The van der Waals surface area contributed by atoms with Crippen molar-refractivity contribution in [3.63, 3.8) is 0 Å². The molecule has 0 atom stereocenters. The first-order valence-corrected chi connectivity index (χ1v) is 12.7. The summed E-state index contributed by atoms with van der Waals surface area (Å²) in [6.45, 7) is 0. The predicted octanol–water partition coefficient (Wildman–Crippen LogP) is 6.18. The Bertz CT molecular complexity index is 1840. The number of rotatable bonds is 4. The lowest BCUT2D eigenvalue weighted by Crippen LogP contribution is -2.23. The second kappa shape index (κ2) is 9.19. The second-order valence-corrected chi connectivity index (χ2v) is 10.2. The Balaban J connectivity index is 1.48. The van der Waals surface area contributed by atoms with E-state index in [1.165, 1.54) is 15.9 Å². The number of halogens is 3. The third-order valence-corrected chi connectivity index (χ3v) is 7.28. The normalized spacial score (nSPS) is 12.0. The van der Waals surface area contributed by atoms with Gasteiger partial charge in [-0.25, -0.2) is 4.68 Å². The highest BCUT2D eigenvalue weighted by molar-refractivity contribution is 7.15. The van der Waals surface area contributed by atoms with Crippen LogP contribution in [-0.4, -0.2) is 24.4 Å². The standard InChI is InChI=1S/C26H14Cl3N5OS/c27-17-8-6-15(7-9-17)23-16(14-33(31-23)19-4-2-1-3-5-19)12-22-25(35)34-26(36-22)30-24(32-34)20-11-10-18(28)13-21(20)29/h1-14H. The average molecular weight is 551 g/mol. The summed E-state index contributed by atoms with van der Waals surface area (Å²) in [5.74, 6) is 0.366. The van der Waals surface area contributed by atoms with Gasteiger partial charge >= 0.3 is 0 Å². The van der Waals surface area contributed by atoms with Crippen molar-refractivity contribution in [1.29, 1.82) is 0 Å². The molecule has 0 unspecified atom stereocenters. The first-order chi connectivity index (χ1) is 17.5. The van der Waals surface area contributed by atoms with Gasteiger partial charge in [0.15, 0.2) is 5.82 Å². The number of hydrogen-bond acceptors (Lipinski definition) is 5. The molecule has 3 heterocycles. The van der Waals surface area contributed by atoms with E-state index < -0.39 is 0 Å². The first kappa shape index (κ1) is 22.9. The van der Waals surface area contributed by atoms with E-state index in [-0.39, 0.29) is 5.56 Å². The fourth-order valence-corrected chi connectivity index (χ4v) is 5.32. The summed E-state index contributed by atoms with van der Waals surface area (Å²) in [4.78, 5) is 18.2. The third-order valence-electron chi connectivity index (χ3n) is 5.52. The van der Waals surface area contributed by atoms with Crippen molar-refractivity contribution in [2.45, 2.75) is 0 Å². The fourth-order valence-electron chi connectivity index (χ4n) is 3.80. The maximum absolute atomic E-state index is 13.2. The Morgan fingerprint density at radius 2 is 1.61 bits per heavy atom. The monoisotopic (exact) mass is 549 g/mol. The number of fused-ring (bicyclic) bond motifs is 1. The Morgan fingerprint density at radius 1 is 0.861 bits per heavy atom. The fraction of sp³-hybridized carbons (Fsp3) is 0. The summed E-state index contributed by atoms with van der Waals surface area (Å²) >= 11 is 19.6. The number of thiazole rings is 1. The van der Waals surface area contributed by atoms with Gasteiger partial charge in [-0.3, -0.25) is 4.79 Å². The molecule has 0 spiro atoms. The summed E-state index contributed by atoms with van der Waals surface area (Å²) in [5.41, 5.74) is 3.63. The molecular formula is C26H14Cl3N5OS. The van der Waals surface area contributed by atoms with E-state index >= 15 is 0 Å². The van der Waals surface area contributed by atoms with E-state index in [9.17, 15) is 4.79 Å². The number of nitrogens with zero attached hydrogens (tertiary/aromatic N) is 5. The second-order valence-electron chi connectivity index (χ2n) is 7.89. The number of para-hydroxylation sites is 1. The zero-order valence-electron chi connectivity index (χ0n) is 18.3. The Hall–Kier alpha value is -3.49. The molecule has 10 heteroatoms. The molecule has 6 nitrogen and oxygen atoms in total. The van der Waals surface area contributed by atoms with Crippen LogP contribution in [0.2, 0.25) is 15.1 Å². The van der Waals surface area contributed by atoms with Crippen LogP contribution in [0.3, 0.4) is 0 Å². The summed E-state index contributed by atoms with van der Waals surface area (Å²) in [6.07, 6.45) is 3.71. The first-order valence-electron chi connectivity index (χ1n) is 10.7. The van der Waals surface area contributed by atoms with Gasteiger partial charge in [-0.2, -0.15) is 14.6 Å². The molecule has 0 fully saturated rings. The largest absolute Gasteiger partial charge is 0.291 e. The van der Waals surface area contributed by atoms with Crippen LogP contribution in [0.1, 0.15) is 5.56 Å². The Morgan fingerprint density at radius 3 is 2.33 bits per heavy atom. The van der Waals surface area contributed by atoms with Crippen LogP contribution < -0.4 is 10.1 Å². The highest BCUT2D eigenvalue weighted by Gasteiger charge is 2.16. The molecular weight excluding hydrogens is 537 g/mol. The SMILES string of the molecule is O=c1c(=Cc2cn(-c3ccccc3)nc2-c2ccc(Cl)cc2)sc2nc(-c3ccc(Cl)cc3Cl)nn12. The van der Waals surface area contributed by atoms with Crippen molar-refractivity contribution >= 4 is 57.2 Å². The number of hydrogen-bond donors (Lipinski definition) is 0. The van der Waals surface area contributed by atoms with Gasteiger partial charge < -0.3 is 0 Å². The van der Waals surface area contributed by atoms with E-state index in [1.54, 1.807) is 22.9 Å². The molecule has 0 aliphatic heterocycles. The van der Waals surface area contributed by atoms with Crippen molar-refractivity contribution in [2.75, 3.05) is 0 Å². The van der Waals surface area contributed by atoms with Gasteiger partial charge in [0.1, 0.15) is 5.69 Å². The van der Waals surface area contributed by atoms with Gasteiger partial charge in [-0.05, 0) is 48.5 Å². The van der Waals surface area contributed by atoms with E-state index in [0.717, 1.165) is 22.5 Å². The lowest BCUT2D eigenvalue weighted by Gasteiger charge is -2.00. The molecule has 0 amide bonds. The van der Waals surface area contributed by atoms with Gasteiger partial charge in [0.25, 0.3) is 5.56 Å². The van der Waals surface area contributed by atoms with Crippen molar-refractivity contribution < 1.29 is 0 Å². The number of aromatic nitrogens is 5. The van der Waals surface area contributed by atoms with Gasteiger partial charge in [0.2, 0.25) is 4.96 Å². The molecule has 0 radical (unpaired) electrons. The average Bonchev–Trinajstić information content (AvgIpc) is 3.56. The summed E-state index contributed by atoms with van der Waals surface area (Å²) in [5, 5.41) is 10.8. The molecule has 3 aromatic heterocycles. The van der Waals surface area contributed by atoms with Crippen molar-refractivity contribution in [3.8, 4) is 28.3 Å². The van der Waals surface area contributed by atoms with Crippen LogP contribution in [-0.2, 0) is 0 Å². The van der Waals surface area contributed by atoms with Crippen molar-refractivity contribution in [2.24, 2.45) is 0 Å². The maximum atomic E-state index is 13.2. The summed E-state index contributed by atoms with van der Waals surface area (Å²) in [7, 11) is 0. The molecule has 36 heavy (non-hydrogen) atoms. The van der Waals surface area contributed by atoms with E-state index in [4.69, 9.17) is 39.9 Å². The van der Waals surface area contributed by atoms with Crippen molar-refractivity contribution in [3.05, 3.63) is 115 Å². The maximum Gasteiger partial charge on any atom is 0.291 e. The van der Waals surface area contributed by atoms with Gasteiger partial charge in [-0.1, -0.05) is 76.5 Å². The predicted molar refractivity (Wildman–Crippen MR) is 145 cm³/mol. The molecule has 6 aromatic rings. The van der Waals surface area contributed by atoms with Crippen LogP contribution in [0, 0.1) is 0 Å². The van der Waals surface area contributed by atoms with Crippen molar-refractivity contribution in [1.82, 2.24) is 24.4 Å². The Kier molecular flexibility index (Phi) is 5.85. The van der Waals surface area contributed by atoms with Crippen LogP contribution in [0.15, 0.2) is 83.8 Å². The third kappa shape index (κ3) is 4.20. The van der Waals surface area contributed by atoms with Gasteiger partial charge in [-0.15, -0.1) is 5.10 Å². The minimum absolute atomic E-state index is 0.270. The highest BCUT2D eigenvalue weighted by atomic mass is 35.5. The summed E-state index contributed by atoms with van der Waals surface area (Å²) < 4.78 is 3.57. The molecule has 0 bridgehead atoms. The van der Waals surface area contributed by atoms with Crippen LogP contribution in [0.4, 0.5) is 0 Å². The molecule has 176 valence electrons. The van der Waals surface area contributed by atoms with E-state index in [0.29, 0.717) is 35.9 Å². The topological polar surface area (TPSA) is 65.1 Å². The summed E-state index contributed by atoms with van der Waals surface area (Å²) in [6, 6.07) is 22.3. The lowest BCUT2D eigenvalue weighted by atomic mass is 10.1. The molecule has 3 aromatic carbocycles. The van der Waals surface area contributed by atoms with Crippen LogP contribution in [0.5, 0.6) is 0 Å². The molecule has 0 aliphatic rings. The molecule has 0 saturated carbocycles. The minimum atomic E-state index is -0.270. The zero-order chi connectivity index (χ0) is 24.8.